The van der Waals surface area contributed by atoms with Gasteiger partial charge in [-0.15, -0.1) is 0 Å². The highest BCUT2D eigenvalue weighted by atomic mass is 16.5. The number of aryl methyl sites for hydroxylation is 1. The molecule has 2 rings (SSSR count). The van der Waals surface area contributed by atoms with Gasteiger partial charge in [0.2, 0.25) is 0 Å². The Hall–Kier alpha value is -1.55. The Bertz CT molecular complexity index is 411. The van der Waals surface area contributed by atoms with Crippen molar-refractivity contribution < 1.29 is 9.53 Å². The lowest BCUT2D eigenvalue weighted by molar-refractivity contribution is -0.138. The Labute approximate surface area is 114 Å². The fraction of sp³-hybridized carbons (Fsp3) is 0.533. The third-order valence-electron chi connectivity index (χ3n) is 3.42. The van der Waals surface area contributed by atoms with E-state index >= 15 is 0 Å². The Balaban J connectivity index is 1.91. The number of benzene rings is 1. The predicted octanol–water partition coefficient (Wildman–Crippen LogP) is 1.45. The van der Waals surface area contributed by atoms with Gasteiger partial charge in [-0.1, -0.05) is 19.1 Å². The molecule has 0 aliphatic carbocycles. The second-order valence-electron chi connectivity index (χ2n) is 4.83. The third kappa shape index (κ3) is 3.70. The van der Waals surface area contributed by atoms with Gasteiger partial charge in [-0.25, -0.2) is 0 Å². The molecule has 4 nitrogen and oxygen atoms in total. The minimum atomic E-state index is -0.425. The van der Waals surface area contributed by atoms with Crippen LogP contribution in [-0.2, 0) is 11.2 Å². The van der Waals surface area contributed by atoms with Gasteiger partial charge in [0, 0.05) is 26.2 Å². The average Bonchev–Trinajstić information content (AvgIpc) is 2.48. The van der Waals surface area contributed by atoms with Crippen molar-refractivity contribution in [1.82, 2.24) is 10.2 Å². The quantitative estimate of drug-likeness (QED) is 0.893. The summed E-state index contributed by atoms with van der Waals surface area (Å²) in [4.78, 5) is 14.1. The van der Waals surface area contributed by atoms with E-state index < -0.39 is 6.10 Å². The molecular weight excluding hydrogens is 240 g/mol. The summed E-state index contributed by atoms with van der Waals surface area (Å²) in [6.45, 7) is 7.19. The van der Waals surface area contributed by atoms with Crippen LogP contribution in [0.15, 0.2) is 24.3 Å². The largest absolute Gasteiger partial charge is 0.481 e. The smallest absolute Gasteiger partial charge is 0.263 e. The number of piperazine rings is 1. The number of nitrogens with one attached hydrogen (secondary N) is 1. The minimum Gasteiger partial charge on any atom is -0.481 e. The van der Waals surface area contributed by atoms with E-state index in [0.29, 0.717) is 0 Å². The lowest BCUT2D eigenvalue weighted by Crippen LogP contribution is -2.50. The first-order chi connectivity index (χ1) is 9.20. The summed E-state index contributed by atoms with van der Waals surface area (Å²) in [7, 11) is 0. The summed E-state index contributed by atoms with van der Waals surface area (Å²) in [6, 6.07) is 7.94. The summed E-state index contributed by atoms with van der Waals surface area (Å²) in [6.07, 6.45) is 0.584. The van der Waals surface area contributed by atoms with Crippen LogP contribution < -0.4 is 10.1 Å². The van der Waals surface area contributed by atoms with Crippen molar-refractivity contribution in [3.63, 3.8) is 0 Å². The molecule has 1 saturated heterocycles. The molecule has 1 aliphatic rings. The Morgan fingerprint density at radius 3 is 2.53 bits per heavy atom. The molecule has 0 radical (unpaired) electrons. The van der Waals surface area contributed by atoms with Crippen LogP contribution in [0, 0.1) is 0 Å². The van der Waals surface area contributed by atoms with Gasteiger partial charge in [-0.2, -0.15) is 0 Å². The zero-order valence-corrected chi connectivity index (χ0v) is 11.7. The molecule has 0 bridgehead atoms. The summed E-state index contributed by atoms with van der Waals surface area (Å²) >= 11 is 0. The fourth-order valence-electron chi connectivity index (χ4n) is 2.20. The van der Waals surface area contributed by atoms with E-state index in [1.54, 1.807) is 0 Å². The van der Waals surface area contributed by atoms with Crippen molar-refractivity contribution in [3.8, 4) is 5.75 Å². The van der Waals surface area contributed by atoms with Crippen LogP contribution in [0.2, 0.25) is 0 Å². The molecule has 0 saturated carbocycles. The maximum atomic E-state index is 12.2. The van der Waals surface area contributed by atoms with Gasteiger partial charge in [0.05, 0.1) is 0 Å². The van der Waals surface area contributed by atoms with Crippen molar-refractivity contribution >= 4 is 5.91 Å². The normalized spacial score (nSPS) is 17.1. The van der Waals surface area contributed by atoms with Crippen LogP contribution in [0.25, 0.3) is 0 Å². The van der Waals surface area contributed by atoms with Crippen molar-refractivity contribution in [3.05, 3.63) is 29.8 Å². The molecule has 1 aromatic carbocycles. The van der Waals surface area contributed by atoms with Gasteiger partial charge in [0.1, 0.15) is 5.75 Å². The number of ether oxygens (including phenoxy) is 1. The molecule has 1 N–H and O–H groups in total. The van der Waals surface area contributed by atoms with Gasteiger partial charge in [0.15, 0.2) is 6.10 Å². The van der Waals surface area contributed by atoms with Crippen LogP contribution in [0.5, 0.6) is 5.75 Å². The van der Waals surface area contributed by atoms with E-state index in [1.165, 1.54) is 5.56 Å². The first kappa shape index (κ1) is 13.9. The molecule has 19 heavy (non-hydrogen) atoms. The first-order valence-electron chi connectivity index (χ1n) is 6.96. The summed E-state index contributed by atoms with van der Waals surface area (Å²) in [5, 5.41) is 3.24. The second kappa shape index (κ2) is 6.57. The molecule has 1 heterocycles. The number of carbonyl (C=O) groups is 1. The van der Waals surface area contributed by atoms with Crippen LogP contribution in [-0.4, -0.2) is 43.1 Å². The van der Waals surface area contributed by atoms with Crippen molar-refractivity contribution in [2.75, 3.05) is 26.2 Å². The van der Waals surface area contributed by atoms with Gasteiger partial charge >= 0.3 is 0 Å². The maximum Gasteiger partial charge on any atom is 0.263 e. The second-order valence-corrected chi connectivity index (χ2v) is 4.83. The highest BCUT2D eigenvalue weighted by molar-refractivity contribution is 5.81. The number of carbonyl (C=O) groups excluding carboxylic acids is 1. The molecule has 1 aliphatic heterocycles. The van der Waals surface area contributed by atoms with E-state index in [0.717, 1.165) is 38.3 Å². The molecule has 104 valence electrons. The van der Waals surface area contributed by atoms with Gasteiger partial charge in [-0.3, -0.25) is 4.79 Å². The Kier molecular flexibility index (Phi) is 4.80. The first-order valence-corrected chi connectivity index (χ1v) is 6.96. The highest BCUT2D eigenvalue weighted by Crippen LogP contribution is 2.15. The fourth-order valence-corrected chi connectivity index (χ4v) is 2.20. The number of hydrogen-bond donors (Lipinski definition) is 1. The summed E-state index contributed by atoms with van der Waals surface area (Å²) in [5.74, 6) is 0.828. The Morgan fingerprint density at radius 2 is 1.95 bits per heavy atom. The molecule has 1 aromatic rings. The summed E-state index contributed by atoms with van der Waals surface area (Å²) in [5.41, 5.74) is 1.27. The topological polar surface area (TPSA) is 41.6 Å². The third-order valence-corrected chi connectivity index (χ3v) is 3.42. The van der Waals surface area contributed by atoms with E-state index in [2.05, 4.69) is 12.2 Å². The van der Waals surface area contributed by atoms with E-state index in [1.807, 2.05) is 36.1 Å². The zero-order chi connectivity index (χ0) is 13.7. The maximum absolute atomic E-state index is 12.2. The van der Waals surface area contributed by atoms with Crippen LogP contribution in [0.1, 0.15) is 19.4 Å². The minimum absolute atomic E-state index is 0.0704. The van der Waals surface area contributed by atoms with Crippen LogP contribution >= 0.6 is 0 Å². The van der Waals surface area contributed by atoms with Crippen molar-refractivity contribution in [2.45, 2.75) is 26.4 Å². The molecule has 0 spiro atoms. The molecule has 0 unspecified atom stereocenters. The molecule has 1 fully saturated rings. The highest BCUT2D eigenvalue weighted by Gasteiger charge is 2.23. The zero-order valence-electron chi connectivity index (χ0n) is 11.7. The van der Waals surface area contributed by atoms with E-state index in [4.69, 9.17) is 4.74 Å². The van der Waals surface area contributed by atoms with Crippen molar-refractivity contribution in [2.24, 2.45) is 0 Å². The van der Waals surface area contributed by atoms with Crippen LogP contribution in [0.4, 0.5) is 0 Å². The van der Waals surface area contributed by atoms with E-state index in [9.17, 15) is 4.79 Å². The molecule has 1 atom stereocenters. The van der Waals surface area contributed by atoms with Crippen LogP contribution in [0.3, 0.4) is 0 Å². The predicted molar refractivity (Wildman–Crippen MR) is 75.4 cm³/mol. The number of hydrogen-bond acceptors (Lipinski definition) is 3. The molecule has 4 heteroatoms. The number of nitrogens with zero attached hydrogens (tertiary/aromatic N) is 1. The monoisotopic (exact) mass is 262 g/mol. The van der Waals surface area contributed by atoms with Crippen molar-refractivity contribution in [1.29, 1.82) is 0 Å². The number of amides is 1. The standard InChI is InChI=1S/C15H22N2O2/c1-3-13-4-6-14(7-5-13)19-12(2)15(18)17-10-8-16-9-11-17/h4-7,12,16H,3,8-11H2,1-2H3/t12-/m1/s1. The molecule has 0 aromatic heterocycles. The SMILES string of the molecule is CCc1ccc(O[C@H](C)C(=O)N2CCNCC2)cc1. The lowest BCUT2D eigenvalue weighted by Gasteiger charge is -2.29. The Morgan fingerprint density at radius 1 is 1.32 bits per heavy atom. The summed E-state index contributed by atoms with van der Waals surface area (Å²) < 4.78 is 5.72. The van der Waals surface area contributed by atoms with Gasteiger partial charge in [-0.05, 0) is 31.0 Å². The molecular formula is C15H22N2O2. The average molecular weight is 262 g/mol. The molecule has 1 amide bonds. The lowest BCUT2D eigenvalue weighted by atomic mass is 10.2. The number of rotatable bonds is 4. The van der Waals surface area contributed by atoms with Gasteiger partial charge in [0.25, 0.3) is 5.91 Å². The van der Waals surface area contributed by atoms with E-state index in [-0.39, 0.29) is 5.91 Å². The van der Waals surface area contributed by atoms with Gasteiger partial charge < -0.3 is 15.0 Å².